The first-order valence-corrected chi connectivity index (χ1v) is 4.97. The van der Waals surface area contributed by atoms with Crippen LogP contribution in [0.2, 0.25) is 0 Å². The standard InChI is InChI=1S/C11H18O/c1-10(2)8-4-5-11(10,3)7-9(12)6-8/h8H,4-7H2,1-3H3. The summed E-state index contributed by atoms with van der Waals surface area (Å²) in [5.74, 6) is 1.17. The third-order valence-electron chi connectivity index (χ3n) is 4.68. The molecule has 0 aromatic carbocycles. The van der Waals surface area contributed by atoms with Crippen molar-refractivity contribution < 1.29 is 4.79 Å². The van der Waals surface area contributed by atoms with Crippen molar-refractivity contribution in [1.82, 2.24) is 0 Å². The second-order valence-corrected chi connectivity index (χ2v) is 5.44. The molecule has 1 nitrogen and oxygen atoms in total. The molecule has 0 amide bonds. The van der Waals surface area contributed by atoms with Gasteiger partial charge in [0.05, 0.1) is 0 Å². The number of carbonyl (C=O) groups is 1. The minimum absolute atomic E-state index is 0.312. The predicted molar refractivity (Wildman–Crippen MR) is 48.9 cm³/mol. The Balaban J connectivity index is 2.37. The van der Waals surface area contributed by atoms with Gasteiger partial charge in [0.25, 0.3) is 0 Å². The molecule has 2 saturated carbocycles. The van der Waals surface area contributed by atoms with Gasteiger partial charge in [0, 0.05) is 12.8 Å². The zero-order chi connectivity index (χ0) is 8.98. The molecule has 2 unspecified atom stereocenters. The summed E-state index contributed by atoms with van der Waals surface area (Å²) in [6.45, 7) is 6.98. The summed E-state index contributed by atoms with van der Waals surface area (Å²) >= 11 is 0. The molecule has 0 aromatic heterocycles. The Morgan fingerprint density at radius 2 is 2.00 bits per heavy atom. The van der Waals surface area contributed by atoms with Crippen LogP contribution in [0.1, 0.15) is 46.5 Å². The Bertz CT molecular complexity index is 229. The lowest BCUT2D eigenvalue weighted by molar-refractivity contribution is -0.129. The van der Waals surface area contributed by atoms with E-state index in [0.29, 0.717) is 22.5 Å². The average molecular weight is 166 g/mol. The summed E-state index contributed by atoms with van der Waals surface area (Å²) in [6.07, 6.45) is 4.21. The maximum absolute atomic E-state index is 11.4. The van der Waals surface area contributed by atoms with Gasteiger partial charge in [0.2, 0.25) is 0 Å². The van der Waals surface area contributed by atoms with E-state index in [0.717, 1.165) is 12.8 Å². The summed E-state index contributed by atoms with van der Waals surface area (Å²) in [6, 6.07) is 0. The molecule has 2 aliphatic carbocycles. The van der Waals surface area contributed by atoms with Crippen LogP contribution in [-0.2, 0) is 4.79 Å². The van der Waals surface area contributed by atoms with Crippen molar-refractivity contribution in [1.29, 1.82) is 0 Å². The first-order valence-electron chi connectivity index (χ1n) is 4.97. The fraction of sp³-hybridized carbons (Fsp3) is 0.909. The first kappa shape index (κ1) is 8.28. The van der Waals surface area contributed by atoms with Gasteiger partial charge in [-0.25, -0.2) is 0 Å². The molecule has 2 aliphatic rings. The zero-order valence-electron chi connectivity index (χ0n) is 8.31. The molecular weight excluding hydrogens is 148 g/mol. The molecule has 2 bridgehead atoms. The molecule has 0 saturated heterocycles. The predicted octanol–water partition coefficient (Wildman–Crippen LogP) is 2.79. The number of carbonyl (C=O) groups excluding carboxylic acids is 1. The molecule has 2 fully saturated rings. The third kappa shape index (κ3) is 0.826. The van der Waals surface area contributed by atoms with Crippen LogP contribution in [0, 0.1) is 16.7 Å². The smallest absolute Gasteiger partial charge is 0.133 e. The summed E-state index contributed by atoms with van der Waals surface area (Å²) < 4.78 is 0. The second-order valence-electron chi connectivity index (χ2n) is 5.44. The second kappa shape index (κ2) is 2.12. The number of Topliss-reactive ketones (excluding diaryl/α,β-unsaturated/α-hetero) is 1. The van der Waals surface area contributed by atoms with Gasteiger partial charge in [0.15, 0.2) is 0 Å². The van der Waals surface area contributed by atoms with Gasteiger partial charge in [-0.15, -0.1) is 0 Å². The minimum atomic E-state index is 0.312. The van der Waals surface area contributed by atoms with Gasteiger partial charge in [-0.3, -0.25) is 4.79 Å². The summed E-state index contributed by atoms with van der Waals surface area (Å²) in [7, 11) is 0. The van der Waals surface area contributed by atoms with Gasteiger partial charge in [-0.2, -0.15) is 0 Å². The molecule has 12 heavy (non-hydrogen) atoms. The van der Waals surface area contributed by atoms with Crippen LogP contribution in [-0.4, -0.2) is 5.78 Å². The third-order valence-corrected chi connectivity index (χ3v) is 4.68. The van der Waals surface area contributed by atoms with E-state index in [1.165, 1.54) is 12.8 Å². The first-order chi connectivity index (χ1) is 5.46. The number of rotatable bonds is 0. The normalized spacial score (nSPS) is 44.9. The lowest BCUT2D eigenvalue weighted by Crippen LogP contribution is -2.41. The maximum Gasteiger partial charge on any atom is 0.133 e. The molecule has 0 aliphatic heterocycles. The van der Waals surface area contributed by atoms with Gasteiger partial charge in [-0.1, -0.05) is 20.8 Å². The monoisotopic (exact) mass is 166 g/mol. The van der Waals surface area contributed by atoms with E-state index in [1.54, 1.807) is 0 Å². The van der Waals surface area contributed by atoms with Crippen molar-refractivity contribution in [3.63, 3.8) is 0 Å². The average Bonchev–Trinajstić information content (AvgIpc) is 2.16. The van der Waals surface area contributed by atoms with Crippen molar-refractivity contribution in [2.24, 2.45) is 16.7 Å². The molecule has 68 valence electrons. The highest BCUT2D eigenvalue weighted by molar-refractivity contribution is 5.81. The van der Waals surface area contributed by atoms with Crippen LogP contribution >= 0.6 is 0 Å². The number of ketones is 1. The van der Waals surface area contributed by atoms with E-state index in [-0.39, 0.29) is 0 Å². The number of fused-ring (bicyclic) bond motifs is 2. The lowest BCUT2D eigenvalue weighted by atomic mass is 9.59. The lowest BCUT2D eigenvalue weighted by Gasteiger charge is -2.45. The fourth-order valence-corrected chi connectivity index (χ4v) is 3.12. The van der Waals surface area contributed by atoms with Gasteiger partial charge < -0.3 is 0 Å². The summed E-state index contributed by atoms with van der Waals surface area (Å²) in [5, 5.41) is 0. The number of hydrogen-bond acceptors (Lipinski definition) is 1. The van der Waals surface area contributed by atoms with E-state index in [2.05, 4.69) is 20.8 Å². The van der Waals surface area contributed by atoms with Crippen LogP contribution in [0.3, 0.4) is 0 Å². The molecule has 2 atom stereocenters. The molecule has 2 rings (SSSR count). The van der Waals surface area contributed by atoms with Crippen molar-refractivity contribution in [2.75, 3.05) is 0 Å². The van der Waals surface area contributed by atoms with Gasteiger partial charge >= 0.3 is 0 Å². The zero-order valence-corrected chi connectivity index (χ0v) is 8.31. The molecular formula is C11H18O. The quantitative estimate of drug-likeness (QED) is 0.541. The Labute approximate surface area is 74.5 Å². The Hall–Kier alpha value is -0.330. The molecule has 0 radical (unpaired) electrons. The molecule has 0 spiro atoms. The van der Waals surface area contributed by atoms with Crippen LogP contribution in [0.25, 0.3) is 0 Å². The topological polar surface area (TPSA) is 17.1 Å². The van der Waals surface area contributed by atoms with E-state index in [1.807, 2.05) is 0 Å². The van der Waals surface area contributed by atoms with Crippen molar-refractivity contribution in [3.8, 4) is 0 Å². The maximum atomic E-state index is 11.4. The number of hydrogen-bond donors (Lipinski definition) is 0. The highest BCUT2D eigenvalue weighted by Gasteiger charge is 2.55. The SMILES string of the molecule is CC12CCC(CC(=O)C1)C2(C)C. The van der Waals surface area contributed by atoms with Crippen LogP contribution in [0.4, 0.5) is 0 Å². The molecule has 1 heteroatoms. The van der Waals surface area contributed by atoms with Crippen LogP contribution in [0.15, 0.2) is 0 Å². The van der Waals surface area contributed by atoms with Crippen LogP contribution < -0.4 is 0 Å². The van der Waals surface area contributed by atoms with Gasteiger partial charge in [0.1, 0.15) is 5.78 Å². The van der Waals surface area contributed by atoms with Crippen LogP contribution in [0.5, 0.6) is 0 Å². The highest BCUT2D eigenvalue weighted by Crippen LogP contribution is 2.61. The largest absolute Gasteiger partial charge is 0.300 e. The van der Waals surface area contributed by atoms with Gasteiger partial charge in [-0.05, 0) is 29.6 Å². The van der Waals surface area contributed by atoms with Crippen molar-refractivity contribution in [3.05, 3.63) is 0 Å². The van der Waals surface area contributed by atoms with E-state index in [4.69, 9.17) is 0 Å². The van der Waals surface area contributed by atoms with Crippen molar-refractivity contribution in [2.45, 2.75) is 46.5 Å². The van der Waals surface area contributed by atoms with Crippen molar-refractivity contribution >= 4 is 5.78 Å². The summed E-state index contributed by atoms with van der Waals surface area (Å²) in [5.41, 5.74) is 0.716. The summed E-state index contributed by atoms with van der Waals surface area (Å²) in [4.78, 5) is 11.4. The van der Waals surface area contributed by atoms with E-state index in [9.17, 15) is 4.79 Å². The molecule has 0 aromatic rings. The minimum Gasteiger partial charge on any atom is -0.300 e. The Morgan fingerprint density at radius 1 is 1.33 bits per heavy atom. The highest BCUT2D eigenvalue weighted by atomic mass is 16.1. The van der Waals surface area contributed by atoms with E-state index >= 15 is 0 Å². The Morgan fingerprint density at radius 3 is 2.58 bits per heavy atom. The fourth-order valence-electron chi connectivity index (χ4n) is 3.12. The molecule has 0 N–H and O–H groups in total. The molecule has 0 heterocycles. The Kier molecular flexibility index (Phi) is 1.47. The van der Waals surface area contributed by atoms with E-state index < -0.39 is 0 Å².